The number of carbonyl (C=O) groups is 4. The minimum atomic E-state index is -1.88. The van der Waals surface area contributed by atoms with E-state index in [0.717, 1.165) is 19.3 Å². The number of carbonyl (C=O) groups excluding carboxylic acids is 3. The van der Waals surface area contributed by atoms with E-state index in [9.17, 15) is 29.4 Å². The van der Waals surface area contributed by atoms with Crippen LogP contribution in [0.4, 0.5) is 0 Å². The van der Waals surface area contributed by atoms with Crippen molar-refractivity contribution in [1.82, 2.24) is 0 Å². The Morgan fingerprint density at radius 3 is 1.50 bits per heavy atom. The Balaban J connectivity index is 0. The number of rotatable bonds is 28. The Bertz CT molecular complexity index is 697. The monoisotopic (exact) mass is 602 g/mol. The summed E-state index contributed by atoms with van der Waals surface area (Å²) in [5.41, 5.74) is 0. The summed E-state index contributed by atoms with van der Waals surface area (Å²) in [5, 5.41) is 37.6. The summed E-state index contributed by atoms with van der Waals surface area (Å²) < 4.78 is 9.95. The topological polar surface area (TPSA) is 168 Å². The van der Waals surface area contributed by atoms with Crippen molar-refractivity contribution in [3.63, 3.8) is 0 Å². The number of Topliss-reactive ketones (excluding diaryl/α,β-unsaturated/α-hetero) is 1. The molecule has 0 saturated heterocycles. The molecule has 42 heavy (non-hydrogen) atoms. The first-order chi connectivity index (χ1) is 20.2. The van der Waals surface area contributed by atoms with Gasteiger partial charge in [0.05, 0.1) is 6.61 Å². The van der Waals surface area contributed by atoms with Crippen molar-refractivity contribution in [3.8, 4) is 0 Å². The number of carboxylic acid groups (broad SMARTS) is 1. The normalized spacial score (nSPS) is 12.9. The molecule has 0 amide bonds. The lowest BCUT2D eigenvalue weighted by molar-refractivity contribution is -0.171. The molecule has 0 aliphatic heterocycles. The molecule has 0 rings (SSSR count). The van der Waals surface area contributed by atoms with Crippen LogP contribution in [0.25, 0.3) is 0 Å². The molecule has 0 saturated carbocycles. The van der Waals surface area contributed by atoms with E-state index in [0.29, 0.717) is 6.42 Å². The largest absolute Gasteiger partial charge is 0.481 e. The number of aliphatic hydroxyl groups is 3. The van der Waals surface area contributed by atoms with Crippen molar-refractivity contribution < 1.29 is 49.1 Å². The van der Waals surface area contributed by atoms with Crippen molar-refractivity contribution in [1.29, 1.82) is 0 Å². The molecule has 10 heteroatoms. The second-order valence-electron chi connectivity index (χ2n) is 10.6. The van der Waals surface area contributed by atoms with E-state index in [2.05, 4.69) is 20.1 Å². The predicted octanol–water partition coefficient (Wildman–Crippen LogP) is 5.43. The van der Waals surface area contributed by atoms with Crippen LogP contribution in [0, 0.1) is 0 Å². The molecule has 0 aromatic carbocycles. The summed E-state index contributed by atoms with van der Waals surface area (Å²) in [7, 11) is 0. The van der Waals surface area contributed by atoms with Crippen molar-refractivity contribution in [3.05, 3.63) is 13.2 Å². The molecule has 0 bridgehead atoms. The Morgan fingerprint density at radius 1 is 0.643 bits per heavy atom. The summed E-state index contributed by atoms with van der Waals surface area (Å²) in [4.78, 5) is 47.1. The van der Waals surface area contributed by atoms with Gasteiger partial charge in [-0.1, -0.05) is 96.8 Å². The maximum atomic E-state index is 12.5. The first-order valence-corrected chi connectivity index (χ1v) is 15.8. The standard InChI is InChI=1S/C30H54O10.C2H4/c1-2-3-4-5-6-7-8-9-10-11-12-13-14-15-16-21-28(37)40-30(29(38)24(32)22-31)25(33)23-39-27(36)20-18-17-19-26(34)35;1-2/h24,29-32,38H,2-23H2,1H3,(H,34,35);1-2H2/t24-,29+,30+;/m1./s1. The lowest BCUT2D eigenvalue weighted by Crippen LogP contribution is -2.47. The molecule has 0 aliphatic carbocycles. The molecular weight excluding hydrogens is 544 g/mol. The van der Waals surface area contributed by atoms with E-state index in [1.165, 1.54) is 70.6 Å². The second-order valence-corrected chi connectivity index (χ2v) is 10.6. The maximum absolute atomic E-state index is 12.5. The van der Waals surface area contributed by atoms with Crippen LogP contribution >= 0.6 is 0 Å². The van der Waals surface area contributed by atoms with E-state index in [4.69, 9.17) is 19.7 Å². The minimum absolute atomic E-state index is 0.0351. The number of esters is 2. The van der Waals surface area contributed by atoms with Gasteiger partial charge in [0.2, 0.25) is 5.78 Å². The molecule has 246 valence electrons. The first kappa shape index (κ1) is 41.8. The molecule has 10 nitrogen and oxygen atoms in total. The number of ketones is 1. The summed E-state index contributed by atoms with van der Waals surface area (Å²) in [5.74, 6) is -3.37. The van der Waals surface area contributed by atoms with Crippen molar-refractivity contribution in [2.75, 3.05) is 13.2 Å². The highest BCUT2D eigenvalue weighted by Gasteiger charge is 2.35. The van der Waals surface area contributed by atoms with Gasteiger partial charge in [0.15, 0.2) is 12.7 Å². The Labute approximate surface area is 252 Å². The third kappa shape index (κ3) is 25.4. The van der Waals surface area contributed by atoms with Gasteiger partial charge in [0.1, 0.15) is 12.2 Å². The SMILES string of the molecule is C=C.CCCCCCCCCCCCCCCCCC(=O)O[C@@H](C(=O)COC(=O)CCCCC(=O)O)[C@@H](O)[C@H](O)CO. The van der Waals surface area contributed by atoms with Crippen LogP contribution in [-0.2, 0) is 28.7 Å². The van der Waals surface area contributed by atoms with E-state index < -0.39 is 55.2 Å². The van der Waals surface area contributed by atoms with Crippen molar-refractivity contribution in [2.24, 2.45) is 0 Å². The highest BCUT2D eigenvalue weighted by Crippen LogP contribution is 2.15. The molecule has 3 atom stereocenters. The molecule has 0 unspecified atom stereocenters. The minimum Gasteiger partial charge on any atom is -0.481 e. The number of aliphatic hydroxyl groups excluding tert-OH is 3. The fraction of sp³-hybridized carbons (Fsp3) is 0.812. The molecule has 0 aromatic heterocycles. The number of unbranched alkanes of at least 4 members (excludes halogenated alkanes) is 15. The lowest BCUT2D eigenvalue weighted by atomic mass is 10.0. The molecule has 0 aliphatic rings. The van der Waals surface area contributed by atoms with Crippen LogP contribution in [-0.4, -0.2) is 75.6 Å². The zero-order valence-electron chi connectivity index (χ0n) is 25.9. The number of carboxylic acids is 1. The molecule has 0 spiro atoms. The Morgan fingerprint density at radius 2 is 1.05 bits per heavy atom. The molecule has 0 radical (unpaired) electrons. The fourth-order valence-electron chi connectivity index (χ4n) is 4.33. The zero-order valence-corrected chi connectivity index (χ0v) is 25.9. The second kappa shape index (κ2) is 30.2. The highest BCUT2D eigenvalue weighted by atomic mass is 16.6. The van der Waals surface area contributed by atoms with Gasteiger partial charge in [-0.15, -0.1) is 13.2 Å². The van der Waals surface area contributed by atoms with Crippen LogP contribution in [0.3, 0.4) is 0 Å². The van der Waals surface area contributed by atoms with E-state index in [1.807, 2.05) is 0 Å². The number of hydrogen-bond donors (Lipinski definition) is 4. The van der Waals surface area contributed by atoms with Gasteiger partial charge >= 0.3 is 17.9 Å². The third-order valence-corrected chi connectivity index (χ3v) is 6.85. The highest BCUT2D eigenvalue weighted by molar-refractivity contribution is 5.88. The quantitative estimate of drug-likeness (QED) is 0.0514. The maximum Gasteiger partial charge on any atom is 0.306 e. The molecule has 0 aromatic rings. The van der Waals surface area contributed by atoms with E-state index in [1.54, 1.807) is 0 Å². The summed E-state index contributed by atoms with van der Waals surface area (Å²) >= 11 is 0. The van der Waals surface area contributed by atoms with E-state index >= 15 is 0 Å². The average molecular weight is 603 g/mol. The van der Waals surface area contributed by atoms with Gasteiger partial charge in [0, 0.05) is 19.3 Å². The van der Waals surface area contributed by atoms with Crippen LogP contribution in [0.2, 0.25) is 0 Å². The molecule has 0 heterocycles. The van der Waals surface area contributed by atoms with Crippen molar-refractivity contribution in [2.45, 2.75) is 154 Å². The Kier molecular flexibility index (Phi) is 30.0. The van der Waals surface area contributed by atoms with E-state index in [-0.39, 0.29) is 32.1 Å². The van der Waals surface area contributed by atoms with Gasteiger partial charge in [-0.3, -0.25) is 19.2 Å². The van der Waals surface area contributed by atoms with Gasteiger partial charge in [-0.25, -0.2) is 0 Å². The number of ether oxygens (including phenoxy) is 2. The predicted molar refractivity (Wildman–Crippen MR) is 162 cm³/mol. The summed E-state index contributed by atoms with van der Waals surface area (Å²) in [6.07, 6.45) is 12.8. The molecule has 0 fully saturated rings. The molecule has 4 N–H and O–H groups in total. The van der Waals surface area contributed by atoms with Gasteiger partial charge < -0.3 is 29.9 Å². The first-order valence-electron chi connectivity index (χ1n) is 15.8. The zero-order chi connectivity index (χ0) is 32.0. The number of hydrogen-bond acceptors (Lipinski definition) is 9. The van der Waals surface area contributed by atoms with Crippen molar-refractivity contribution >= 4 is 23.7 Å². The Hall–Kier alpha value is -2.30. The van der Waals surface area contributed by atoms with Gasteiger partial charge in [-0.2, -0.15) is 0 Å². The van der Waals surface area contributed by atoms with Crippen LogP contribution in [0.5, 0.6) is 0 Å². The van der Waals surface area contributed by atoms with Gasteiger partial charge in [-0.05, 0) is 19.3 Å². The van der Waals surface area contributed by atoms with Crippen LogP contribution < -0.4 is 0 Å². The van der Waals surface area contributed by atoms with Gasteiger partial charge in [0.25, 0.3) is 0 Å². The fourth-order valence-corrected chi connectivity index (χ4v) is 4.33. The summed E-state index contributed by atoms with van der Waals surface area (Å²) in [6.45, 7) is 6.59. The average Bonchev–Trinajstić information content (AvgIpc) is 2.98. The van der Waals surface area contributed by atoms with Crippen LogP contribution in [0.15, 0.2) is 13.2 Å². The van der Waals surface area contributed by atoms with Crippen LogP contribution in [0.1, 0.15) is 135 Å². The third-order valence-electron chi connectivity index (χ3n) is 6.85. The summed E-state index contributed by atoms with van der Waals surface area (Å²) in [6, 6.07) is 0. The molecular formula is C32H58O10. The smallest absolute Gasteiger partial charge is 0.306 e. The lowest BCUT2D eigenvalue weighted by Gasteiger charge is -2.24. The number of aliphatic carboxylic acids is 1.